The van der Waals surface area contributed by atoms with Gasteiger partial charge in [-0.1, -0.05) is 19.1 Å². The van der Waals surface area contributed by atoms with Crippen LogP contribution in [-0.2, 0) is 0 Å². The second-order valence-corrected chi connectivity index (χ2v) is 5.72. The third kappa shape index (κ3) is 4.55. The number of carbonyl (C=O) groups excluding carboxylic acids is 1. The van der Waals surface area contributed by atoms with Gasteiger partial charge in [0.15, 0.2) is 0 Å². The molecule has 1 amide bonds. The standard InChI is InChI=1S/C19H23FN2O/c1-4-12-22(3)18-10-8-15(9-11-18)19(23)21-14(2)16-6-5-7-17(20)13-16/h5-11,13-14H,4,12H2,1-3H3,(H,21,23). The van der Waals surface area contributed by atoms with Crippen LogP contribution in [0.25, 0.3) is 0 Å². The van der Waals surface area contributed by atoms with Gasteiger partial charge >= 0.3 is 0 Å². The predicted molar refractivity (Wildman–Crippen MR) is 92.3 cm³/mol. The van der Waals surface area contributed by atoms with E-state index in [4.69, 9.17) is 0 Å². The fourth-order valence-electron chi connectivity index (χ4n) is 2.47. The molecule has 1 atom stereocenters. The number of hydrogen-bond acceptors (Lipinski definition) is 2. The van der Waals surface area contributed by atoms with E-state index in [-0.39, 0.29) is 17.8 Å². The highest BCUT2D eigenvalue weighted by Crippen LogP contribution is 2.17. The minimum Gasteiger partial charge on any atom is -0.375 e. The number of nitrogens with one attached hydrogen (secondary N) is 1. The first kappa shape index (κ1) is 17.0. The summed E-state index contributed by atoms with van der Waals surface area (Å²) in [6.45, 7) is 4.95. The highest BCUT2D eigenvalue weighted by Gasteiger charge is 2.12. The minimum absolute atomic E-state index is 0.161. The summed E-state index contributed by atoms with van der Waals surface area (Å²) >= 11 is 0. The van der Waals surface area contributed by atoms with E-state index < -0.39 is 0 Å². The largest absolute Gasteiger partial charge is 0.375 e. The number of benzene rings is 2. The lowest BCUT2D eigenvalue weighted by Gasteiger charge is -2.19. The zero-order valence-electron chi connectivity index (χ0n) is 13.8. The molecule has 1 N–H and O–H groups in total. The van der Waals surface area contributed by atoms with Gasteiger partial charge in [-0.05, 0) is 55.3 Å². The van der Waals surface area contributed by atoms with Crippen LogP contribution in [0.5, 0.6) is 0 Å². The highest BCUT2D eigenvalue weighted by molar-refractivity contribution is 5.94. The maximum Gasteiger partial charge on any atom is 0.251 e. The van der Waals surface area contributed by atoms with Gasteiger partial charge in [-0.15, -0.1) is 0 Å². The predicted octanol–water partition coefficient (Wildman–Crippen LogP) is 4.16. The SMILES string of the molecule is CCCN(C)c1ccc(C(=O)NC(C)c2cccc(F)c2)cc1. The van der Waals surface area contributed by atoms with Crippen molar-refractivity contribution < 1.29 is 9.18 Å². The number of hydrogen-bond donors (Lipinski definition) is 1. The lowest BCUT2D eigenvalue weighted by Crippen LogP contribution is -2.26. The van der Waals surface area contributed by atoms with Crippen molar-refractivity contribution in [2.24, 2.45) is 0 Å². The first-order valence-electron chi connectivity index (χ1n) is 7.88. The first-order chi connectivity index (χ1) is 11.0. The van der Waals surface area contributed by atoms with Crippen LogP contribution in [0.15, 0.2) is 48.5 Å². The molecular weight excluding hydrogens is 291 g/mol. The van der Waals surface area contributed by atoms with E-state index in [1.165, 1.54) is 12.1 Å². The molecule has 122 valence electrons. The van der Waals surface area contributed by atoms with Crippen molar-refractivity contribution in [2.75, 3.05) is 18.5 Å². The van der Waals surface area contributed by atoms with Gasteiger partial charge in [0.05, 0.1) is 6.04 Å². The molecule has 0 heterocycles. The molecule has 3 nitrogen and oxygen atoms in total. The van der Waals surface area contributed by atoms with Gasteiger partial charge in [0.1, 0.15) is 5.82 Å². The van der Waals surface area contributed by atoms with Crippen molar-refractivity contribution >= 4 is 11.6 Å². The van der Waals surface area contributed by atoms with Gasteiger partial charge in [0.25, 0.3) is 5.91 Å². The Balaban J connectivity index is 2.03. The average Bonchev–Trinajstić information content (AvgIpc) is 2.55. The van der Waals surface area contributed by atoms with E-state index >= 15 is 0 Å². The minimum atomic E-state index is -0.299. The summed E-state index contributed by atoms with van der Waals surface area (Å²) in [6.07, 6.45) is 1.07. The van der Waals surface area contributed by atoms with Gasteiger partial charge in [-0.25, -0.2) is 4.39 Å². The monoisotopic (exact) mass is 314 g/mol. The Kier molecular flexibility index (Phi) is 5.74. The summed E-state index contributed by atoms with van der Waals surface area (Å²) in [5.41, 5.74) is 2.43. The van der Waals surface area contributed by atoms with Crippen molar-refractivity contribution in [3.63, 3.8) is 0 Å². The van der Waals surface area contributed by atoms with E-state index in [1.54, 1.807) is 12.1 Å². The van der Waals surface area contributed by atoms with E-state index in [9.17, 15) is 9.18 Å². The van der Waals surface area contributed by atoms with Gasteiger partial charge in [-0.3, -0.25) is 4.79 Å². The number of amides is 1. The van der Waals surface area contributed by atoms with Crippen LogP contribution >= 0.6 is 0 Å². The summed E-state index contributed by atoms with van der Waals surface area (Å²) in [7, 11) is 2.03. The Labute approximate surface area is 137 Å². The fraction of sp³-hybridized carbons (Fsp3) is 0.316. The molecular formula is C19H23FN2O. The smallest absolute Gasteiger partial charge is 0.251 e. The Morgan fingerprint density at radius 3 is 2.52 bits per heavy atom. The Bertz CT molecular complexity index is 655. The molecule has 0 spiro atoms. The summed E-state index contributed by atoms with van der Waals surface area (Å²) in [5, 5.41) is 2.89. The molecule has 0 saturated heterocycles. The van der Waals surface area contributed by atoms with Crippen LogP contribution in [0.4, 0.5) is 10.1 Å². The lowest BCUT2D eigenvalue weighted by molar-refractivity contribution is 0.0940. The molecule has 2 aromatic rings. The van der Waals surface area contributed by atoms with Crippen molar-refractivity contribution in [3.8, 4) is 0 Å². The van der Waals surface area contributed by atoms with Crippen molar-refractivity contribution in [2.45, 2.75) is 26.3 Å². The lowest BCUT2D eigenvalue weighted by atomic mass is 10.1. The summed E-state index contributed by atoms with van der Waals surface area (Å²) < 4.78 is 13.3. The average molecular weight is 314 g/mol. The van der Waals surface area contributed by atoms with Gasteiger partial charge < -0.3 is 10.2 Å². The molecule has 0 aliphatic heterocycles. The van der Waals surface area contributed by atoms with Crippen molar-refractivity contribution in [3.05, 3.63) is 65.5 Å². The van der Waals surface area contributed by atoms with Crippen LogP contribution in [0.1, 0.15) is 42.2 Å². The Hall–Kier alpha value is -2.36. The summed E-state index contributed by atoms with van der Waals surface area (Å²) in [4.78, 5) is 14.5. The van der Waals surface area contributed by atoms with Crippen LogP contribution < -0.4 is 10.2 Å². The maximum absolute atomic E-state index is 13.3. The van der Waals surface area contributed by atoms with Crippen molar-refractivity contribution in [1.29, 1.82) is 0 Å². The molecule has 4 heteroatoms. The third-order valence-corrected chi connectivity index (χ3v) is 3.83. The molecule has 0 aromatic heterocycles. The molecule has 0 radical (unpaired) electrons. The zero-order chi connectivity index (χ0) is 16.8. The Morgan fingerprint density at radius 1 is 1.22 bits per heavy atom. The summed E-state index contributed by atoms with van der Waals surface area (Å²) in [6, 6.07) is 13.5. The van der Waals surface area contributed by atoms with E-state index in [1.807, 2.05) is 38.2 Å². The fourth-order valence-corrected chi connectivity index (χ4v) is 2.47. The maximum atomic E-state index is 13.3. The van der Waals surface area contributed by atoms with Gasteiger partial charge in [-0.2, -0.15) is 0 Å². The second-order valence-electron chi connectivity index (χ2n) is 5.72. The van der Waals surface area contributed by atoms with Crippen molar-refractivity contribution in [1.82, 2.24) is 5.32 Å². The van der Waals surface area contributed by atoms with E-state index in [0.29, 0.717) is 5.56 Å². The highest BCUT2D eigenvalue weighted by atomic mass is 19.1. The first-order valence-corrected chi connectivity index (χ1v) is 7.88. The van der Waals surface area contributed by atoms with Crippen LogP contribution in [0.3, 0.4) is 0 Å². The molecule has 23 heavy (non-hydrogen) atoms. The quantitative estimate of drug-likeness (QED) is 0.868. The third-order valence-electron chi connectivity index (χ3n) is 3.83. The molecule has 0 saturated carbocycles. The number of rotatable bonds is 6. The topological polar surface area (TPSA) is 32.3 Å². The van der Waals surface area contributed by atoms with Crippen LogP contribution in [0.2, 0.25) is 0 Å². The summed E-state index contributed by atoms with van der Waals surface area (Å²) in [5.74, 6) is -0.460. The second kappa shape index (κ2) is 7.77. The number of nitrogens with zero attached hydrogens (tertiary/aromatic N) is 1. The normalized spacial score (nSPS) is 11.8. The molecule has 2 aromatic carbocycles. The molecule has 0 aliphatic rings. The molecule has 0 bridgehead atoms. The number of carbonyl (C=O) groups is 1. The van der Waals surface area contributed by atoms with Crippen LogP contribution in [-0.4, -0.2) is 19.5 Å². The molecule has 0 aliphatic carbocycles. The number of anilines is 1. The molecule has 0 fully saturated rings. The molecule has 1 unspecified atom stereocenters. The van der Waals surface area contributed by atoms with E-state index in [2.05, 4.69) is 17.1 Å². The number of halogens is 1. The van der Waals surface area contributed by atoms with Gasteiger partial charge in [0, 0.05) is 24.8 Å². The Morgan fingerprint density at radius 2 is 1.91 bits per heavy atom. The van der Waals surface area contributed by atoms with Gasteiger partial charge in [0.2, 0.25) is 0 Å². The van der Waals surface area contributed by atoms with Crippen LogP contribution in [0, 0.1) is 5.82 Å². The van der Waals surface area contributed by atoms with E-state index in [0.717, 1.165) is 24.2 Å². The molecule has 2 rings (SSSR count). The zero-order valence-corrected chi connectivity index (χ0v) is 13.8.